The molecule has 0 bridgehead atoms. The van der Waals surface area contributed by atoms with E-state index in [1.54, 1.807) is 6.20 Å². The Morgan fingerprint density at radius 2 is 1.61 bits per heavy atom. The predicted molar refractivity (Wildman–Crippen MR) is 53.6 cm³/mol. The second-order valence-electron chi connectivity index (χ2n) is 3.15. The first kappa shape index (κ1) is 15.6. The fourth-order valence-corrected chi connectivity index (χ4v) is 0.890. The van der Waals surface area contributed by atoms with Gasteiger partial charge in [0, 0.05) is 0 Å². The molecular weight excluding hydrogens is 250 g/mol. The fraction of sp³-hybridized carbons (Fsp3) is 0.333. The summed E-state index contributed by atoms with van der Waals surface area (Å²) in [5.74, 6) is -5.02. The Morgan fingerprint density at radius 1 is 1.11 bits per heavy atom. The van der Waals surface area contributed by atoms with Gasteiger partial charge >= 0.3 is 17.9 Å². The maximum Gasteiger partial charge on any atom is 0.336 e. The lowest BCUT2D eigenvalue weighted by molar-refractivity contribution is -0.170. The van der Waals surface area contributed by atoms with Gasteiger partial charge in [0.05, 0.1) is 19.0 Å². The maximum atomic E-state index is 10.3. The fourth-order valence-electron chi connectivity index (χ4n) is 0.890. The molecule has 0 aliphatic rings. The van der Waals surface area contributed by atoms with E-state index < -0.39 is 36.4 Å². The van der Waals surface area contributed by atoms with Crippen molar-refractivity contribution in [3.8, 4) is 0 Å². The molecule has 0 aliphatic carbocycles. The van der Waals surface area contributed by atoms with Crippen LogP contribution in [0.2, 0.25) is 0 Å². The Labute approximate surface area is 100 Å². The molecule has 1 rings (SSSR count). The molecule has 0 aliphatic heterocycles. The standard InChI is InChI=1S/C6H8O7.C3H3NO/c7-3(8)1-6(13,5(11)12)2-4(9)10;1-2-5-3-4-1/h13H,1-2H2,(H,7,8)(H,9,10)(H,11,12);1-3H. The van der Waals surface area contributed by atoms with Gasteiger partial charge < -0.3 is 24.8 Å². The Kier molecular flexibility index (Phi) is 6.07. The van der Waals surface area contributed by atoms with E-state index in [0.717, 1.165) is 0 Å². The minimum Gasteiger partial charge on any atom is -0.481 e. The van der Waals surface area contributed by atoms with Gasteiger partial charge in [0.1, 0.15) is 6.26 Å². The molecule has 1 heterocycles. The number of carboxylic acid groups (broad SMARTS) is 3. The first-order valence-corrected chi connectivity index (χ1v) is 4.49. The Morgan fingerprint density at radius 3 is 1.78 bits per heavy atom. The van der Waals surface area contributed by atoms with E-state index >= 15 is 0 Å². The number of carboxylic acids is 3. The lowest BCUT2D eigenvalue weighted by Crippen LogP contribution is -2.42. The van der Waals surface area contributed by atoms with Crippen LogP contribution < -0.4 is 0 Å². The van der Waals surface area contributed by atoms with Crippen molar-refractivity contribution >= 4 is 17.9 Å². The van der Waals surface area contributed by atoms with Crippen molar-refractivity contribution in [3.63, 3.8) is 0 Å². The van der Waals surface area contributed by atoms with Crippen LogP contribution in [0, 0.1) is 0 Å². The Balaban J connectivity index is 0.000000473. The molecule has 0 saturated heterocycles. The first-order chi connectivity index (χ1) is 8.28. The third-order valence-corrected chi connectivity index (χ3v) is 1.63. The van der Waals surface area contributed by atoms with Crippen molar-refractivity contribution in [1.82, 2.24) is 4.98 Å². The number of carbonyl (C=O) groups is 3. The molecule has 0 spiro atoms. The van der Waals surface area contributed by atoms with Crippen molar-refractivity contribution in [3.05, 3.63) is 18.9 Å². The number of rotatable bonds is 5. The van der Waals surface area contributed by atoms with E-state index in [1.165, 1.54) is 12.7 Å². The number of hydrogen-bond donors (Lipinski definition) is 4. The lowest BCUT2D eigenvalue weighted by Gasteiger charge is -2.18. The largest absolute Gasteiger partial charge is 0.481 e. The van der Waals surface area contributed by atoms with Crippen LogP contribution in [0.5, 0.6) is 0 Å². The van der Waals surface area contributed by atoms with E-state index in [1.807, 2.05) is 0 Å². The monoisotopic (exact) mass is 261 g/mol. The molecule has 0 fully saturated rings. The summed E-state index contributed by atoms with van der Waals surface area (Å²) in [5, 5.41) is 33.8. The maximum absolute atomic E-state index is 10.3. The van der Waals surface area contributed by atoms with Crippen LogP contribution in [-0.2, 0) is 14.4 Å². The molecule has 0 atom stereocenters. The van der Waals surface area contributed by atoms with Crippen LogP contribution in [0.15, 0.2) is 23.3 Å². The van der Waals surface area contributed by atoms with E-state index in [2.05, 4.69) is 9.40 Å². The summed E-state index contributed by atoms with van der Waals surface area (Å²) in [5.41, 5.74) is -2.74. The SMILES string of the molecule is O=C(O)CC(O)(CC(=O)O)C(=O)O.c1cocn1. The van der Waals surface area contributed by atoms with E-state index in [0.29, 0.717) is 0 Å². The first-order valence-electron chi connectivity index (χ1n) is 4.49. The highest BCUT2D eigenvalue weighted by Crippen LogP contribution is 2.15. The highest BCUT2D eigenvalue weighted by molar-refractivity contribution is 5.88. The van der Waals surface area contributed by atoms with Gasteiger partial charge in [-0.15, -0.1) is 0 Å². The normalized spacial score (nSPS) is 10.1. The summed E-state index contributed by atoms with van der Waals surface area (Å²) in [6.45, 7) is 0. The van der Waals surface area contributed by atoms with Gasteiger partial charge in [-0.05, 0) is 0 Å². The van der Waals surface area contributed by atoms with Crippen LogP contribution in [0.4, 0.5) is 0 Å². The van der Waals surface area contributed by atoms with Gasteiger partial charge in [0.25, 0.3) is 0 Å². The summed E-state index contributed by atoms with van der Waals surface area (Å²) >= 11 is 0. The predicted octanol–water partition coefficient (Wildman–Crippen LogP) is -0.574. The van der Waals surface area contributed by atoms with Gasteiger partial charge in [-0.1, -0.05) is 0 Å². The molecule has 0 radical (unpaired) electrons. The quantitative estimate of drug-likeness (QED) is 0.544. The summed E-state index contributed by atoms with van der Waals surface area (Å²) in [6, 6.07) is 0. The van der Waals surface area contributed by atoms with E-state index in [9.17, 15) is 14.4 Å². The minimum atomic E-state index is -2.74. The highest BCUT2D eigenvalue weighted by Gasteiger charge is 2.40. The van der Waals surface area contributed by atoms with Crippen molar-refractivity contribution in [2.45, 2.75) is 18.4 Å². The summed E-state index contributed by atoms with van der Waals surface area (Å²) in [4.78, 5) is 34.0. The Hall–Kier alpha value is -2.42. The third kappa shape index (κ3) is 6.23. The molecule has 0 amide bonds. The topological polar surface area (TPSA) is 158 Å². The lowest BCUT2D eigenvalue weighted by atomic mass is 9.96. The van der Waals surface area contributed by atoms with Crippen molar-refractivity contribution in [2.24, 2.45) is 0 Å². The average molecular weight is 261 g/mol. The van der Waals surface area contributed by atoms with Crippen molar-refractivity contribution in [2.75, 3.05) is 0 Å². The van der Waals surface area contributed by atoms with Gasteiger partial charge in [-0.25, -0.2) is 9.78 Å². The zero-order chi connectivity index (χ0) is 14.2. The van der Waals surface area contributed by atoms with Crippen LogP contribution >= 0.6 is 0 Å². The second kappa shape index (κ2) is 7.01. The second-order valence-corrected chi connectivity index (χ2v) is 3.15. The van der Waals surface area contributed by atoms with Gasteiger partial charge in [0.15, 0.2) is 12.0 Å². The van der Waals surface area contributed by atoms with Crippen LogP contribution in [0.3, 0.4) is 0 Å². The molecule has 18 heavy (non-hydrogen) atoms. The van der Waals surface area contributed by atoms with Crippen LogP contribution in [0.1, 0.15) is 12.8 Å². The van der Waals surface area contributed by atoms with Gasteiger partial charge in [0.2, 0.25) is 0 Å². The zero-order valence-electron chi connectivity index (χ0n) is 9.02. The van der Waals surface area contributed by atoms with Crippen LogP contribution in [0.25, 0.3) is 0 Å². The van der Waals surface area contributed by atoms with E-state index in [-0.39, 0.29) is 0 Å². The number of hydrogen-bond acceptors (Lipinski definition) is 6. The molecule has 9 heteroatoms. The minimum absolute atomic E-state index is 1.14. The molecular formula is C9H11NO8. The zero-order valence-corrected chi connectivity index (χ0v) is 9.02. The van der Waals surface area contributed by atoms with Gasteiger partial charge in [-0.3, -0.25) is 9.59 Å². The summed E-state index contributed by atoms with van der Waals surface area (Å²) in [6.07, 6.45) is 2.18. The van der Waals surface area contributed by atoms with Crippen molar-refractivity contribution < 1.29 is 39.2 Å². The van der Waals surface area contributed by atoms with Crippen molar-refractivity contribution in [1.29, 1.82) is 0 Å². The number of oxazole rings is 1. The van der Waals surface area contributed by atoms with E-state index in [4.69, 9.17) is 20.4 Å². The molecule has 1 aromatic rings. The molecule has 0 saturated carbocycles. The highest BCUT2D eigenvalue weighted by atomic mass is 16.4. The summed E-state index contributed by atoms with van der Waals surface area (Å²) < 4.78 is 4.47. The number of aromatic nitrogens is 1. The number of aliphatic hydroxyl groups is 1. The summed E-state index contributed by atoms with van der Waals surface area (Å²) in [7, 11) is 0. The molecule has 100 valence electrons. The average Bonchev–Trinajstić information content (AvgIpc) is 2.71. The number of aliphatic carboxylic acids is 3. The Bertz CT molecular complexity index is 365. The van der Waals surface area contributed by atoms with Crippen LogP contribution in [-0.4, -0.2) is 48.9 Å². The third-order valence-electron chi connectivity index (χ3n) is 1.63. The number of nitrogens with zero attached hydrogens (tertiary/aromatic N) is 1. The molecule has 1 aromatic heterocycles. The molecule has 4 N–H and O–H groups in total. The molecule has 0 unspecified atom stereocenters. The molecule has 9 nitrogen and oxygen atoms in total. The smallest absolute Gasteiger partial charge is 0.336 e. The molecule has 0 aromatic carbocycles. The van der Waals surface area contributed by atoms with Gasteiger partial charge in [-0.2, -0.15) is 0 Å².